The van der Waals surface area contributed by atoms with Crippen molar-refractivity contribution in [3.05, 3.63) is 12.2 Å². The Bertz CT molecular complexity index is 257. The molecule has 1 saturated heterocycles. The Morgan fingerprint density at radius 2 is 2.38 bits per heavy atom. The van der Waals surface area contributed by atoms with Gasteiger partial charge >= 0.3 is 0 Å². The highest BCUT2D eigenvalue weighted by Gasteiger charge is 2.15. The predicted octanol–water partition coefficient (Wildman–Crippen LogP) is 1.60. The number of hydrogen-bond acceptors (Lipinski definition) is 2. The van der Waals surface area contributed by atoms with Crippen molar-refractivity contribution in [2.75, 3.05) is 13.1 Å². The monoisotopic (exact) mass is 222 g/mol. The van der Waals surface area contributed by atoms with Gasteiger partial charge in [-0.25, -0.2) is 0 Å². The lowest BCUT2D eigenvalue weighted by molar-refractivity contribution is -0.121. The number of nitrogens with one attached hydrogen (secondary N) is 2. The van der Waals surface area contributed by atoms with Gasteiger partial charge in [0.1, 0.15) is 0 Å². The van der Waals surface area contributed by atoms with Gasteiger partial charge in [0.25, 0.3) is 0 Å². The number of carbonyl (C=O) groups excluding carboxylic acids is 1. The van der Waals surface area contributed by atoms with E-state index in [9.17, 15) is 4.79 Å². The van der Waals surface area contributed by atoms with Crippen LogP contribution < -0.4 is 10.6 Å². The van der Waals surface area contributed by atoms with E-state index in [0.717, 1.165) is 32.4 Å². The normalized spacial score (nSPS) is 28.5. The first kappa shape index (κ1) is 11.6. The zero-order valence-electron chi connectivity index (χ0n) is 9.87. The highest BCUT2D eigenvalue weighted by molar-refractivity contribution is 5.76. The Balaban J connectivity index is 1.54. The second-order valence-electron chi connectivity index (χ2n) is 4.90. The Hall–Kier alpha value is -0.830. The highest BCUT2D eigenvalue weighted by Crippen LogP contribution is 2.19. The van der Waals surface area contributed by atoms with Crippen molar-refractivity contribution in [3.8, 4) is 0 Å². The fourth-order valence-corrected chi connectivity index (χ4v) is 2.56. The van der Waals surface area contributed by atoms with Crippen LogP contribution in [0.2, 0.25) is 0 Å². The molecule has 0 aromatic carbocycles. The maximum atomic E-state index is 11.6. The van der Waals surface area contributed by atoms with Gasteiger partial charge < -0.3 is 10.6 Å². The topological polar surface area (TPSA) is 41.1 Å². The molecule has 0 radical (unpaired) electrons. The summed E-state index contributed by atoms with van der Waals surface area (Å²) in [4.78, 5) is 11.6. The van der Waals surface area contributed by atoms with Crippen LogP contribution in [0, 0.1) is 5.92 Å². The largest absolute Gasteiger partial charge is 0.356 e. The van der Waals surface area contributed by atoms with E-state index in [1.165, 1.54) is 12.8 Å². The molecular formula is C13H22N2O. The summed E-state index contributed by atoms with van der Waals surface area (Å²) in [7, 11) is 0. The quantitative estimate of drug-likeness (QED) is 0.694. The van der Waals surface area contributed by atoms with Gasteiger partial charge in [0.2, 0.25) is 5.91 Å². The van der Waals surface area contributed by atoms with Crippen LogP contribution in [0.4, 0.5) is 0 Å². The second-order valence-corrected chi connectivity index (χ2v) is 4.90. The molecule has 0 saturated carbocycles. The van der Waals surface area contributed by atoms with Gasteiger partial charge in [-0.2, -0.15) is 0 Å². The molecule has 0 aromatic rings. The van der Waals surface area contributed by atoms with Gasteiger partial charge in [0.05, 0.1) is 0 Å². The van der Waals surface area contributed by atoms with E-state index in [4.69, 9.17) is 0 Å². The maximum absolute atomic E-state index is 11.6. The molecule has 1 fully saturated rings. The molecule has 2 unspecified atom stereocenters. The lowest BCUT2D eigenvalue weighted by Crippen LogP contribution is -2.31. The van der Waals surface area contributed by atoms with Gasteiger partial charge in [-0.05, 0) is 44.6 Å². The second kappa shape index (κ2) is 6.04. The first-order valence-electron chi connectivity index (χ1n) is 6.51. The molecule has 2 N–H and O–H groups in total. The predicted molar refractivity (Wildman–Crippen MR) is 65.1 cm³/mol. The van der Waals surface area contributed by atoms with Crippen molar-refractivity contribution in [2.24, 2.45) is 5.92 Å². The molecule has 90 valence electrons. The molecule has 16 heavy (non-hydrogen) atoms. The van der Waals surface area contributed by atoms with Gasteiger partial charge in [-0.15, -0.1) is 0 Å². The van der Waals surface area contributed by atoms with Crippen molar-refractivity contribution in [2.45, 2.75) is 44.6 Å². The Labute approximate surface area is 97.7 Å². The summed E-state index contributed by atoms with van der Waals surface area (Å²) < 4.78 is 0. The summed E-state index contributed by atoms with van der Waals surface area (Å²) in [6, 6.07) is 0.631. The van der Waals surface area contributed by atoms with E-state index in [2.05, 4.69) is 22.8 Å². The molecule has 3 nitrogen and oxygen atoms in total. The van der Waals surface area contributed by atoms with Gasteiger partial charge in [-0.3, -0.25) is 4.79 Å². The summed E-state index contributed by atoms with van der Waals surface area (Å²) in [5.41, 5.74) is 0. The highest BCUT2D eigenvalue weighted by atomic mass is 16.1. The lowest BCUT2D eigenvalue weighted by atomic mass is 10.0. The first-order chi connectivity index (χ1) is 7.84. The van der Waals surface area contributed by atoms with E-state index in [0.29, 0.717) is 18.4 Å². The van der Waals surface area contributed by atoms with Crippen molar-refractivity contribution in [1.29, 1.82) is 0 Å². The molecule has 1 aliphatic heterocycles. The van der Waals surface area contributed by atoms with Crippen LogP contribution in [-0.2, 0) is 4.79 Å². The van der Waals surface area contributed by atoms with Crippen LogP contribution in [0.5, 0.6) is 0 Å². The summed E-state index contributed by atoms with van der Waals surface area (Å²) in [6.07, 6.45) is 11.0. The smallest absolute Gasteiger partial charge is 0.220 e. The minimum Gasteiger partial charge on any atom is -0.356 e. The molecule has 3 heteroatoms. The fraction of sp³-hybridized carbons (Fsp3) is 0.769. The Morgan fingerprint density at radius 3 is 3.06 bits per heavy atom. The third-order valence-electron chi connectivity index (χ3n) is 3.54. The molecular weight excluding hydrogens is 200 g/mol. The molecule has 0 spiro atoms. The molecule has 1 heterocycles. The van der Waals surface area contributed by atoms with Crippen LogP contribution in [0.1, 0.15) is 38.5 Å². The first-order valence-corrected chi connectivity index (χ1v) is 6.51. The molecule has 0 aromatic heterocycles. The molecule has 2 rings (SSSR count). The summed E-state index contributed by atoms with van der Waals surface area (Å²) >= 11 is 0. The van der Waals surface area contributed by atoms with Gasteiger partial charge in [0, 0.05) is 19.0 Å². The average Bonchev–Trinajstić information content (AvgIpc) is 2.90. The minimum atomic E-state index is 0.217. The van der Waals surface area contributed by atoms with E-state index >= 15 is 0 Å². The van der Waals surface area contributed by atoms with Crippen molar-refractivity contribution in [3.63, 3.8) is 0 Å². The van der Waals surface area contributed by atoms with E-state index < -0.39 is 0 Å². The van der Waals surface area contributed by atoms with Crippen molar-refractivity contribution >= 4 is 5.91 Å². The third-order valence-corrected chi connectivity index (χ3v) is 3.54. The zero-order chi connectivity index (χ0) is 11.2. The van der Waals surface area contributed by atoms with Crippen LogP contribution in [0.15, 0.2) is 12.2 Å². The van der Waals surface area contributed by atoms with E-state index in [1.54, 1.807) is 0 Å². The number of amides is 1. The van der Waals surface area contributed by atoms with E-state index in [-0.39, 0.29) is 5.91 Å². The molecule has 2 atom stereocenters. The molecule has 1 aliphatic carbocycles. The van der Waals surface area contributed by atoms with Crippen molar-refractivity contribution < 1.29 is 4.79 Å². The Kier molecular flexibility index (Phi) is 4.40. The number of rotatable bonds is 5. The lowest BCUT2D eigenvalue weighted by Gasteiger charge is -2.12. The standard InChI is InChI=1S/C13H22N2O/c16-13(10-11-4-1-2-5-11)15-9-7-12-6-3-8-14-12/h1,4,11-12,14H,2-3,5-10H2,(H,15,16). The maximum Gasteiger partial charge on any atom is 0.220 e. The summed E-state index contributed by atoms with van der Waals surface area (Å²) in [5, 5.41) is 6.46. The molecule has 0 bridgehead atoms. The third kappa shape index (κ3) is 3.63. The Morgan fingerprint density at radius 1 is 1.44 bits per heavy atom. The fourth-order valence-electron chi connectivity index (χ4n) is 2.56. The van der Waals surface area contributed by atoms with Crippen LogP contribution in [-0.4, -0.2) is 25.0 Å². The number of carbonyl (C=O) groups is 1. The van der Waals surface area contributed by atoms with Crippen LogP contribution in [0.3, 0.4) is 0 Å². The zero-order valence-corrected chi connectivity index (χ0v) is 9.87. The van der Waals surface area contributed by atoms with Gasteiger partial charge in [-0.1, -0.05) is 12.2 Å². The average molecular weight is 222 g/mol. The molecule has 1 amide bonds. The number of hydrogen-bond donors (Lipinski definition) is 2. The van der Waals surface area contributed by atoms with Gasteiger partial charge in [0.15, 0.2) is 0 Å². The minimum absolute atomic E-state index is 0.217. The summed E-state index contributed by atoms with van der Waals surface area (Å²) in [6.45, 7) is 1.97. The van der Waals surface area contributed by atoms with E-state index in [1.807, 2.05) is 0 Å². The number of allylic oxidation sites excluding steroid dienone is 2. The SMILES string of the molecule is O=C(CC1C=CCC1)NCCC1CCCN1. The molecule has 2 aliphatic rings. The van der Waals surface area contributed by atoms with Crippen molar-refractivity contribution in [1.82, 2.24) is 10.6 Å². The summed E-state index contributed by atoms with van der Waals surface area (Å²) in [5.74, 6) is 0.708. The van der Waals surface area contributed by atoms with Crippen LogP contribution in [0.25, 0.3) is 0 Å². The van der Waals surface area contributed by atoms with Crippen LogP contribution >= 0.6 is 0 Å².